The van der Waals surface area contributed by atoms with Crippen molar-refractivity contribution in [2.45, 2.75) is 6.92 Å². The molecule has 1 amide bonds. The third-order valence-corrected chi connectivity index (χ3v) is 2.61. The van der Waals surface area contributed by atoms with Crippen LogP contribution in [-0.2, 0) is 0 Å². The van der Waals surface area contributed by atoms with Crippen LogP contribution in [0.2, 0.25) is 0 Å². The van der Waals surface area contributed by atoms with E-state index in [4.69, 9.17) is 0 Å². The number of hydrogen-bond donors (Lipinski definition) is 2. The minimum Gasteiger partial charge on any atom is -0.368 e. The van der Waals surface area contributed by atoms with Gasteiger partial charge in [-0.25, -0.2) is 9.97 Å². The number of nitrogens with zero attached hydrogens (tertiary/aromatic N) is 2. The maximum Gasteiger partial charge on any atom is 0.251 e. The van der Waals surface area contributed by atoms with Crippen molar-refractivity contribution < 1.29 is 4.79 Å². The molecular formula is C14H16N4O. The van der Waals surface area contributed by atoms with Crippen molar-refractivity contribution in [3.05, 3.63) is 54.0 Å². The van der Waals surface area contributed by atoms with Crippen molar-refractivity contribution in [2.75, 3.05) is 18.4 Å². The van der Waals surface area contributed by atoms with Gasteiger partial charge in [-0.05, 0) is 25.1 Å². The third-order valence-electron chi connectivity index (χ3n) is 2.61. The number of anilines is 1. The van der Waals surface area contributed by atoms with Crippen molar-refractivity contribution in [1.82, 2.24) is 15.3 Å². The fraction of sp³-hybridized carbons (Fsp3) is 0.214. The van der Waals surface area contributed by atoms with Crippen LogP contribution in [0.5, 0.6) is 0 Å². The number of carbonyl (C=O) groups is 1. The summed E-state index contributed by atoms with van der Waals surface area (Å²) in [6.07, 6.45) is 3.15. The van der Waals surface area contributed by atoms with Gasteiger partial charge in [0.25, 0.3) is 5.91 Å². The Balaban J connectivity index is 1.74. The summed E-state index contributed by atoms with van der Waals surface area (Å²) in [5, 5.41) is 5.94. The van der Waals surface area contributed by atoms with Gasteiger partial charge in [-0.2, -0.15) is 0 Å². The highest BCUT2D eigenvalue weighted by Gasteiger charge is 2.03. The lowest BCUT2D eigenvalue weighted by atomic mass is 10.1. The van der Waals surface area contributed by atoms with Gasteiger partial charge in [-0.15, -0.1) is 0 Å². The van der Waals surface area contributed by atoms with Crippen molar-refractivity contribution >= 4 is 11.7 Å². The van der Waals surface area contributed by atoms with Crippen LogP contribution in [0, 0.1) is 6.92 Å². The van der Waals surface area contributed by atoms with E-state index in [9.17, 15) is 4.79 Å². The summed E-state index contributed by atoms with van der Waals surface area (Å²) in [6, 6.07) is 9.27. The number of benzene rings is 1. The van der Waals surface area contributed by atoms with Gasteiger partial charge in [0.15, 0.2) is 0 Å². The second-order valence-corrected chi connectivity index (χ2v) is 4.14. The fourth-order valence-corrected chi connectivity index (χ4v) is 1.57. The molecule has 0 atom stereocenters. The molecular weight excluding hydrogens is 240 g/mol. The van der Waals surface area contributed by atoms with Gasteiger partial charge in [0.05, 0.1) is 0 Å². The molecule has 0 unspecified atom stereocenters. The lowest BCUT2D eigenvalue weighted by molar-refractivity contribution is 0.0955. The summed E-state index contributed by atoms with van der Waals surface area (Å²) in [6.45, 7) is 3.15. The van der Waals surface area contributed by atoms with E-state index in [0.29, 0.717) is 18.7 Å². The first-order valence-corrected chi connectivity index (χ1v) is 6.10. The summed E-state index contributed by atoms with van der Waals surface area (Å²) in [5.74, 6) is 0.684. The summed E-state index contributed by atoms with van der Waals surface area (Å²) in [7, 11) is 0. The molecule has 0 radical (unpaired) electrons. The van der Waals surface area contributed by atoms with E-state index in [-0.39, 0.29) is 5.91 Å². The number of amides is 1. The molecule has 0 saturated carbocycles. The number of hydrogen-bond acceptors (Lipinski definition) is 4. The Morgan fingerprint density at radius 2 is 1.95 bits per heavy atom. The monoisotopic (exact) mass is 256 g/mol. The number of aromatic nitrogens is 2. The van der Waals surface area contributed by atoms with Crippen LogP contribution in [0.25, 0.3) is 0 Å². The molecule has 5 heteroatoms. The predicted molar refractivity (Wildman–Crippen MR) is 74.0 cm³/mol. The van der Waals surface area contributed by atoms with Crippen LogP contribution in [-0.4, -0.2) is 29.0 Å². The van der Waals surface area contributed by atoms with Crippen molar-refractivity contribution in [1.29, 1.82) is 0 Å². The average Bonchev–Trinajstić information content (AvgIpc) is 2.45. The maximum atomic E-state index is 11.8. The Bertz CT molecular complexity index is 525. The molecule has 1 heterocycles. The lowest BCUT2D eigenvalue weighted by Crippen LogP contribution is -2.28. The number of nitrogens with one attached hydrogen (secondary N) is 2. The van der Waals surface area contributed by atoms with Crippen LogP contribution in [0.1, 0.15) is 15.9 Å². The molecule has 19 heavy (non-hydrogen) atoms. The molecule has 0 spiro atoms. The van der Waals surface area contributed by atoms with Gasteiger partial charge < -0.3 is 10.6 Å². The van der Waals surface area contributed by atoms with Crippen molar-refractivity contribution in [2.24, 2.45) is 0 Å². The Hall–Kier alpha value is -2.43. The van der Waals surface area contributed by atoms with Gasteiger partial charge in [0.1, 0.15) is 12.1 Å². The highest BCUT2D eigenvalue weighted by molar-refractivity contribution is 5.94. The molecule has 1 aromatic carbocycles. The van der Waals surface area contributed by atoms with Crippen molar-refractivity contribution in [3.63, 3.8) is 0 Å². The molecule has 98 valence electrons. The number of rotatable bonds is 5. The zero-order valence-electron chi connectivity index (χ0n) is 10.8. The Morgan fingerprint density at radius 1 is 1.16 bits per heavy atom. The molecule has 0 aliphatic carbocycles. The normalized spacial score (nSPS) is 9.95. The first-order valence-electron chi connectivity index (χ1n) is 6.10. The predicted octanol–water partition coefficient (Wildman–Crippen LogP) is 1.63. The minimum atomic E-state index is -0.0653. The third kappa shape index (κ3) is 4.06. The molecule has 0 aliphatic heterocycles. The summed E-state index contributed by atoms with van der Waals surface area (Å²) in [5.41, 5.74) is 1.81. The Labute approximate surface area is 112 Å². The average molecular weight is 256 g/mol. The van der Waals surface area contributed by atoms with E-state index >= 15 is 0 Å². The van der Waals surface area contributed by atoms with E-state index in [0.717, 1.165) is 11.4 Å². The fourth-order valence-electron chi connectivity index (χ4n) is 1.57. The van der Waals surface area contributed by atoms with E-state index in [1.165, 1.54) is 6.33 Å². The molecule has 2 rings (SSSR count). The highest BCUT2D eigenvalue weighted by Crippen LogP contribution is 2.02. The molecule has 1 aromatic heterocycles. The van der Waals surface area contributed by atoms with Crippen molar-refractivity contribution in [3.8, 4) is 0 Å². The quantitative estimate of drug-likeness (QED) is 0.798. The molecule has 5 nitrogen and oxygen atoms in total. The number of carbonyl (C=O) groups excluding carboxylic acids is 1. The lowest BCUT2D eigenvalue weighted by Gasteiger charge is -2.07. The molecule has 2 aromatic rings. The van der Waals surface area contributed by atoms with Crippen LogP contribution in [0.4, 0.5) is 5.82 Å². The van der Waals surface area contributed by atoms with E-state index in [2.05, 4.69) is 20.6 Å². The Morgan fingerprint density at radius 3 is 2.63 bits per heavy atom. The van der Waals surface area contributed by atoms with Crippen LogP contribution in [0.3, 0.4) is 0 Å². The van der Waals surface area contributed by atoms with E-state index in [1.54, 1.807) is 12.3 Å². The topological polar surface area (TPSA) is 66.9 Å². The molecule has 2 N–H and O–H groups in total. The Kier molecular flexibility index (Phi) is 4.44. The van der Waals surface area contributed by atoms with Crippen LogP contribution in [0.15, 0.2) is 42.9 Å². The summed E-state index contributed by atoms with van der Waals surface area (Å²) in [4.78, 5) is 19.7. The second-order valence-electron chi connectivity index (χ2n) is 4.14. The first kappa shape index (κ1) is 13.0. The number of aryl methyl sites for hydroxylation is 1. The zero-order chi connectivity index (χ0) is 13.5. The molecule has 0 saturated heterocycles. The standard InChI is InChI=1S/C14H16N4O/c1-11-2-4-12(5-3-11)14(19)17-9-8-16-13-6-7-15-10-18-13/h2-7,10H,8-9H2,1H3,(H,17,19)(H,15,16,18). The molecule has 0 fully saturated rings. The van der Waals surface area contributed by atoms with Gasteiger partial charge >= 0.3 is 0 Å². The molecule has 0 bridgehead atoms. The SMILES string of the molecule is Cc1ccc(C(=O)NCCNc2ccncn2)cc1. The summed E-state index contributed by atoms with van der Waals surface area (Å²) >= 11 is 0. The van der Waals surface area contributed by atoms with E-state index in [1.807, 2.05) is 31.2 Å². The zero-order valence-corrected chi connectivity index (χ0v) is 10.8. The molecule has 0 aliphatic rings. The highest BCUT2D eigenvalue weighted by atomic mass is 16.1. The smallest absolute Gasteiger partial charge is 0.251 e. The first-order chi connectivity index (χ1) is 9.25. The van der Waals surface area contributed by atoms with Gasteiger partial charge in [-0.1, -0.05) is 17.7 Å². The van der Waals surface area contributed by atoms with E-state index < -0.39 is 0 Å². The maximum absolute atomic E-state index is 11.8. The second kappa shape index (κ2) is 6.49. The van der Waals surface area contributed by atoms with Gasteiger partial charge in [0.2, 0.25) is 0 Å². The largest absolute Gasteiger partial charge is 0.368 e. The van der Waals surface area contributed by atoms with Crippen LogP contribution >= 0.6 is 0 Å². The van der Waals surface area contributed by atoms with Gasteiger partial charge in [0, 0.05) is 24.8 Å². The van der Waals surface area contributed by atoms with Crippen LogP contribution < -0.4 is 10.6 Å². The summed E-state index contributed by atoms with van der Waals surface area (Å²) < 4.78 is 0. The minimum absolute atomic E-state index is 0.0653. The van der Waals surface area contributed by atoms with Gasteiger partial charge in [-0.3, -0.25) is 4.79 Å².